The summed E-state index contributed by atoms with van der Waals surface area (Å²) < 4.78 is 47.7. The Balaban J connectivity index is 2.60. The summed E-state index contributed by atoms with van der Waals surface area (Å²) in [5, 5.41) is 9.89. The van der Waals surface area contributed by atoms with E-state index in [9.17, 15) is 17.7 Å². The van der Waals surface area contributed by atoms with Crippen LogP contribution >= 0.6 is 0 Å². The summed E-state index contributed by atoms with van der Waals surface area (Å²) >= 11 is 0. The minimum Gasteiger partial charge on any atom is -0.507 e. The molecule has 27 heavy (non-hydrogen) atoms. The Labute approximate surface area is 161 Å². The minimum absolute atomic E-state index is 0.0776. The Morgan fingerprint density at radius 3 is 2.15 bits per heavy atom. The fourth-order valence-corrected chi connectivity index (χ4v) is 5.21. The van der Waals surface area contributed by atoms with Crippen LogP contribution in [0.2, 0.25) is 0 Å². The van der Waals surface area contributed by atoms with E-state index in [1.54, 1.807) is 12.1 Å². The van der Waals surface area contributed by atoms with Crippen LogP contribution < -0.4 is 4.31 Å². The molecule has 0 radical (unpaired) electrons. The van der Waals surface area contributed by atoms with Crippen molar-refractivity contribution in [3.8, 4) is 5.75 Å². The zero-order valence-electron chi connectivity index (χ0n) is 16.0. The number of rotatable bonds is 7. The molecule has 148 valence electrons. The average molecular weight is 411 g/mol. The van der Waals surface area contributed by atoms with Crippen molar-refractivity contribution in [3.63, 3.8) is 0 Å². The first-order chi connectivity index (χ1) is 12.5. The van der Waals surface area contributed by atoms with Crippen LogP contribution in [0.5, 0.6) is 5.75 Å². The molecule has 6 nitrogen and oxygen atoms in total. The molecule has 1 unspecified atom stereocenters. The lowest BCUT2D eigenvalue weighted by molar-refractivity contribution is 0.460. The van der Waals surface area contributed by atoms with Gasteiger partial charge in [-0.2, -0.15) is 0 Å². The standard InChI is InChI=1S/C19H26N2O4S2/c1-5-15-6-8-16(9-7-15)21(13-14(2)3)27(24,25)17-10-11-18(22)19(12-17)26(4,20)23/h6-12,14,20,22H,5,13H2,1-4H3. The molecule has 0 aliphatic heterocycles. The number of hydrogen-bond donors (Lipinski definition) is 2. The normalized spacial score (nSPS) is 14.1. The summed E-state index contributed by atoms with van der Waals surface area (Å²) in [6.45, 7) is 6.15. The number of phenols is 1. The third kappa shape index (κ3) is 4.81. The van der Waals surface area contributed by atoms with Gasteiger partial charge in [-0.3, -0.25) is 4.31 Å². The molecule has 2 rings (SSSR count). The zero-order valence-corrected chi connectivity index (χ0v) is 17.6. The highest BCUT2D eigenvalue weighted by molar-refractivity contribution is 7.93. The molecule has 0 saturated heterocycles. The van der Waals surface area contributed by atoms with Crippen molar-refractivity contribution in [2.45, 2.75) is 37.0 Å². The van der Waals surface area contributed by atoms with Gasteiger partial charge in [-0.05, 0) is 48.2 Å². The molecule has 0 saturated carbocycles. The van der Waals surface area contributed by atoms with Gasteiger partial charge in [0.1, 0.15) is 5.75 Å². The van der Waals surface area contributed by atoms with Crippen LogP contribution in [-0.4, -0.2) is 30.5 Å². The van der Waals surface area contributed by atoms with E-state index in [-0.39, 0.29) is 28.0 Å². The molecule has 2 N–H and O–H groups in total. The largest absolute Gasteiger partial charge is 0.507 e. The smallest absolute Gasteiger partial charge is 0.264 e. The summed E-state index contributed by atoms with van der Waals surface area (Å²) in [5.41, 5.74) is 1.64. The first kappa shape index (κ1) is 21.2. The van der Waals surface area contributed by atoms with Gasteiger partial charge in [-0.25, -0.2) is 17.4 Å². The summed E-state index contributed by atoms with van der Waals surface area (Å²) in [4.78, 5) is -0.285. The Bertz CT molecular complexity index is 1010. The van der Waals surface area contributed by atoms with Crippen LogP contribution in [0.25, 0.3) is 0 Å². The second kappa shape index (κ2) is 7.90. The molecular formula is C19H26N2O4S2. The van der Waals surface area contributed by atoms with Gasteiger partial charge in [0.05, 0.1) is 25.2 Å². The first-order valence-electron chi connectivity index (χ1n) is 8.65. The predicted molar refractivity (Wildman–Crippen MR) is 108 cm³/mol. The molecular weight excluding hydrogens is 384 g/mol. The number of anilines is 1. The van der Waals surface area contributed by atoms with Crippen molar-refractivity contribution < 1.29 is 17.7 Å². The van der Waals surface area contributed by atoms with E-state index in [2.05, 4.69) is 0 Å². The van der Waals surface area contributed by atoms with E-state index < -0.39 is 19.8 Å². The molecule has 2 aromatic carbocycles. The number of nitrogens with zero attached hydrogens (tertiary/aromatic N) is 1. The third-order valence-electron chi connectivity index (χ3n) is 4.10. The first-order valence-corrected chi connectivity index (χ1v) is 12.1. The van der Waals surface area contributed by atoms with Crippen molar-refractivity contribution in [2.24, 2.45) is 5.92 Å². The lowest BCUT2D eigenvalue weighted by atomic mass is 10.1. The minimum atomic E-state index is -3.95. The van der Waals surface area contributed by atoms with Gasteiger partial charge in [0, 0.05) is 12.8 Å². The quantitative estimate of drug-likeness (QED) is 0.724. The van der Waals surface area contributed by atoms with Gasteiger partial charge < -0.3 is 5.11 Å². The van der Waals surface area contributed by atoms with Gasteiger partial charge in [0.2, 0.25) is 0 Å². The van der Waals surface area contributed by atoms with Crippen molar-refractivity contribution >= 4 is 25.4 Å². The van der Waals surface area contributed by atoms with E-state index in [1.807, 2.05) is 32.9 Å². The summed E-state index contributed by atoms with van der Waals surface area (Å²) in [7, 11) is -7.23. The number of hydrogen-bond acceptors (Lipinski definition) is 5. The number of benzene rings is 2. The van der Waals surface area contributed by atoms with E-state index >= 15 is 0 Å². The van der Waals surface area contributed by atoms with Crippen molar-refractivity contribution in [2.75, 3.05) is 17.1 Å². The highest BCUT2D eigenvalue weighted by Crippen LogP contribution is 2.30. The highest BCUT2D eigenvalue weighted by Gasteiger charge is 2.27. The molecule has 0 bridgehead atoms. The Morgan fingerprint density at radius 2 is 1.67 bits per heavy atom. The maximum Gasteiger partial charge on any atom is 0.264 e. The molecule has 0 aliphatic rings. The van der Waals surface area contributed by atoms with Crippen molar-refractivity contribution in [3.05, 3.63) is 48.0 Å². The number of nitrogens with one attached hydrogen (secondary N) is 1. The molecule has 0 heterocycles. The highest BCUT2D eigenvalue weighted by atomic mass is 32.2. The molecule has 0 aromatic heterocycles. The van der Waals surface area contributed by atoms with Crippen LogP contribution in [-0.2, 0) is 26.2 Å². The SMILES string of the molecule is CCc1ccc(N(CC(C)C)S(=O)(=O)c2ccc(O)c(S(C)(=N)=O)c2)cc1. The zero-order chi connectivity index (χ0) is 20.4. The Hall–Kier alpha value is -2.06. The van der Waals surface area contributed by atoms with Gasteiger partial charge in [0.25, 0.3) is 10.0 Å². The Kier molecular flexibility index (Phi) is 6.21. The number of phenolic OH excluding ortho intramolecular Hbond substituents is 1. The van der Waals surface area contributed by atoms with Gasteiger partial charge >= 0.3 is 0 Å². The maximum absolute atomic E-state index is 13.3. The molecule has 0 spiro atoms. The van der Waals surface area contributed by atoms with E-state index in [0.717, 1.165) is 24.3 Å². The molecule has 0 aliphatic carbocycles. The fourth-order valence-electron chi connectivity index (χ4n) is 2.67. The molecule has 0 fully saturated rings. The van der Waals surface area contributed by atoms with E-state index in [0.29, 0.717) is 5.69 Å². The molecule has 2 aromatic rings. The van der Waals surface area contributed by atoms with Gasteiger partial charge in [-0.1, -0.05) is 32.9 Å². The number of aryl methyl sites for hydroxylation is 1. The van der Waals surface area contributed by atoms with Gasteiger partial charge in [-0.15, -0.1) is 0 Å². The van der Waals surface area contributed by atoms with Gasteiger partial charge in [0.15, 0.2) is 0 Å². The molecule has 8 heteroatoms. The summed E-state index contributed by atoms with van der Waals surface area (Å²) in [6.07, 6.45) is 2.00. The fraction of sp³-hybridized carbons (Fsp3) is 0.368. The molecule has 1 atom stereocenters. The second-order valence-electron chi connectivity index (χ2n) is 6.92. The monoisotopic (exact) mass is 410 g/mol. The van der Waals surface area contributed by atoms with Crippen molar-refractivity contribution in [1.29, 1.82) is 4.78 Å². The predicted octanol–water partition coefficient (Wildman–Crippen LogP) is 3.84. The van der Waals surface area contributed by atoms with Crippen molar-refractivity contribution in [1.82, 2.24) is 0 Å². The van der Waals surface area contributed by atoms with Crippen LogP contribution in [0.4, 0.5) is 5.69 Å². The summed E-state index contributed by atoms with van der Waals surface area (Å²) in [6, 6.07) is 10.9. The topological polar surface area (TPSA) is 98.5 Å². The summed E-state index contributed by atoms with van der Waals surface area (Å²) in [5.74, 6) is -0.270. The van der Waals surface area contributed by atoms with E-state index in [1.165, 1.54) is 16.4 Å². The third-order valence-corrected chi connectivity index (χ3v) is 7.06. The second-order valence-corrected chi connectivity index (χ2v) is 10.9. The number of aromatic hydroxyl groups is 1. The maximum atomic E-state index is 13.3. The lowest BCUT2D eigenvalue weighted by Crippen LogP contribution is -2.34. The van der Waals surface area contributed by atoms with Crippen LogP contribution in [0, 0.1) is 10.7 Å². The lowest BCUT2D eigenvalue weighted by Gasteiger charge is -2.26. The van der Waals surface area contributed by atoms with Crippen LogP contribution in [0.15, 0.2) is 52.3 Å². The average Bonchev–Trinajstić information content (AvgIpc) is 2.58. The number of sulfonamides is 1. The van der Waals surface area contributed by atoms with E-state index in [4.69, 9.17) is 4.78 Å². The Morgan fingerprint density at radius 1 is 1.07 bits per heavy atom. The molecule has 0 amide bonds. The van der Waals surface area contributed by atoms with Crippen LogP contribution in [0.1, 0.15) is 26.3 Å². The van der Waals surface area contributed by atoms with Crippen LogP contribution in [0.3, 0.4) is 0 Å².